The first-order chi connectivity index (χ1) is 7.38. The van der Waals surface area contributed by atoms with Gasteiger partial charge < -0.3 is 10.1 Å². The molecule has 0 fully saturated rings. The standard InChI is InChI=1S/C14H23NO/c1-11-8-6-7-9-13(11)16-12(2)10-15-14(3,4)5/h6-9,12,15H,10H2,1-5H3. The molecule has 0 radical (unpaired) electrons. The third-order valence-corrected chi connectivity index (χ3v) is 2.34. The van der Waals surface area contributed by atoms with E-state index < -0.39 is 0 Å². The number of ether oxygens (including phenoxy) is 1. The van der Waals surface area contributed by atoms with Gasteiger partial charge in [0.15, 0.2) is 0 Å². The maximum absolute atomic E-state index is 5.88. The van der Waals surface area contributed by atoms with E-state index in [2.05, 4.69) is 46.0 Å². The Morgan fingerprint density at radius 2 is 1.88 bits per heavy atom. The first-order valence-electron chi connectivity index (χ1n) is 5.86. The Morgan fingerprint density at radius 1 is 1.25 bits per heavy atom. The summed E-state index contributed by atoms with van der Waals surface area (Å²) in [5, 5.41) is 3.44. The average Bonchev–Trinajstić information content (AvgIpc) is 2.18. The van der Waals surface area contributed by atoms with E-state index in [0.29, 0.717) is 0 Å². The monoisotopic (exact) mass is 221 g/mol. The van der Waals surface area contributed by atoms with Crippen molar-refractivity contribution in [1.82, 2.24) is 5.32 Å². The van der Waals surface area contributed by atoms with Crippen LogP contribution < -0.4 is 10.1 Å². The van der Waals surface area contributed by atoms with Crippen LogP contribution >= 0.6 is 0 Å². The van der Waals surface area contributed by atoms with E-state index in [-0.39, 0.29) is 11.6 Å². The molecule has 90 valence electrons. The molecule has 0 aliphatic heterocycles. The van der Waals surface area contributed by atoms with Gasteiger partial charge in [-0.25, -0.2) is 0 Å². The van der Waals surface area contributed by atoms with Gasteiger partial charge in [0, 0.05) is 12.1 Å². The van der Waals surface area contributed by atoms with Crippen molar-refractivity contribution in [3.63, 3.8) is 0 Å². The molecule has 2 heteroatoms. The maximum Gasteiger partial charge on any atom is 0.122 e. The summed E-state index contributed by atoms with van der Waals surface area (Å²) in [5.41, 5.74) is 1.33. The van der Waals surface area contributed by atoms with Crippen LogP contribution in [0, 0.1) is 6.92 Å². The molecule has 0 spiro atoms. The Labute approximate surface area is 99.0 Å². The Morgan fingerprint density at radius 3 is 2.44 bits per heavy atom. The van der Waals surface area contributed by atoms with Crippen molar-refractivity contribution in [3.05, 3.63) is 29.8 Å². The van der Waals surface area contributed by atoms with Crippen LogP contribution in [0.15, 0.2) is 24.3 Å². The lowest BCUT2D eigenvalue weighted by Gasteiger charge is -2.24. The smallest absolute Gasteiger partial charge is 0.122 e. The fourth-order valence-corrected chi connectivity index (χ4v) is 1.40. The van der Waals surface area contributed by atoms with Crippen LogP contribution in [0.5, 0.6) is 5.75 Å². The van der Waals surface area contributed by atoms with Crippen LogP contribution in [0.2, 0.25) is 0 Å². The highest BCUT2D eigenvalue weighted by Gasteiger charge is 2.12. The van der Waals surface area contributed by atoms with E-state index in [1.807, 2.05) is 18.2 Å². The minimum atomic E-state index is 0.142. The van der Waals surface area contributed by atoms with Gasteiger partial charge in [0.2, 0.25) is 0 Å². The van der Waals surface area contributed by atoms with Crippen molar-refractivity contribution in [3.8, 4) is 5.75 Å². The molecule has 16 heavy (non-hydrogen) atoms. The molecule has 1 atom stereocenters. The van der Waals surface area contributed by atoms with Crippen LogP contribution in [0.25, 0.3) is 0 Å². The maximum atomic E-state index is 5.88. The minimum Gasteiger partial charge on any atom is -0.489 e. The van der Waals surface area contributed by atoms with E-state index >= 15 is 0 Å². The molecule has 0 bridgehead atoms. The molecule has 1 rings (SSSR count). The predicted molar refractivity (Wildman–Crippen MR) is 69.0 cm³/mol. The zero-order chi connectivity index (χ0) is 12.2. The fraction of sp³-hybridized carbons (Fsp3) is 0.571. The zero-order valence-electron chi connectivity index (χ0n) is 11.0. The van der Waals surface area contributed by atoms with Gasteiger partial charge in [-0.2, -0.15) is 0 Å². The van der Waals surface area contributed by atoms with Crippen molar-refractivity contribution in [1.29, 1.82) is 0 Å². The highest BCUT2D eigenvalue weighted by atomic mass is 16.5. The largest absolute Gasteiger partial charge is 0.489 e. The van der Waals surface area contributed by atoms with E-state index in [0.717, 1.165) is 12.3 Å². The number of para-hydroxylation sites is 1. The SMILES string of the molecule is Cc1ccccc1OC(C)CNC(C)(C)C. The summed E-state index contributed by atoms with van der Waals surface area (Å²) < 4.78 is 5.88. The van der Waals surface area contributed by atoms with Crippen LogP contribution in [0.1, 0.15) is 33.3 Å². The first-order valence-corrected chi connectivity index (χ1v) is 5.86. The van der Waals surface area contributed by atoms with Crippen molar-refractivity contribution in [2.45, 2.75) is 46.3 Å². The van der Waals surface area contributed by atoms with Crippen LogP contribution in [0.4, 0.5) is 0 Å². The molecule has 1 aromatic carbocycles. The van der Waals surface area contributed by atoms with Crippen LogP contribution in [-0.2, 0) is 0 Å². The van der Waals surface area contributed by atoms with Crippen LogP contribution in [-0.4, -0.2) is 18.2 Å². The topological polar surface area (TPSA) is 21.3 Å². The third kappa shape index (κ3) is 4.67. The lowest BCUT2D eigenvalue weighted by atomic mass is 10.1. The van der Waals surface area contributed by atoms with Gasteiger partial charge in [-0.15, -0.1) is 0 Å². The van der Waals surface area contributed by atoms with Gasteiger partial charge in [0.05, 0.1) is 0 Å². The van der Waals surface area contributed by atoms with Gasteiger partial charge >= 0.3 is 0 Å². The lowest BCUT2D eigenvalue weighted by molar-refractivity contribution is 0.202. The van der Waals surface area contributed by atoms with Crippen molar-refractivity contribution < 1.29 is 4.74 Å². The van der Waals surface area contributed by atoms with E-state index in [4.69, 9.17) is 4.74 Å². The summed E-state index contributed by atoms with van der Waals surface area (Å²) in [6.45, 7) is 11.5. The molecule has 0 saturated heterocycles. The molecule has 0 heterocycles. The second-order valence-electron chi connectivity index (χ2n) is 5.32. The second kappa shape index (κ2) is 5.35. The van der Waals surface area contributed by atoms with Gasteiger partial charge in [0.1, 0.15) is 11.9 Å². The zero-order valence-corrected chi connectivity index (χ0v) is 11.0. The summed E-state index contributed by atoms with van der Waals surface area (Å²) in [6.07, 6.45) is 0.181. The molecule has 0 aliphatic carbocycles. The summed E-state index contributed by atoms with van der Waals surface area (Å²) in [6, 6.07) is 8.12. The van der Waals surface area contributed by atoms with Crippen LogP contribution in [0.3, 0.4) is 0 Å². The Kier molecular flexibility index (Phi) is 4.36. The molecule has 0 aliphatic rings. The Balaban J connectivity index is 2.46. The summed E-state index contributed by atoms with van der Waals surface area (Å²) in [5.74, 6) is 0.978. The quantitative estimate of drug-likeness (QED) is 0.843. The van der Waals surface area contributed by atoms with Gasteiger partial charge in [-0.3, -0.25) is 0 Å². The van der Waals surface area contributed by atoms with Gasteiger partial charge in [0.25, 0.3) is 0 Å². The van der Waals surface area contributed by atoms with E-state index in [9.17, 15) is 0 Å². The average molecular weight is 221 g/mol. The fourth-order valence-electron chi connectivity index (χ4n) is 1.40. The highest BCUT2D eigenvalue weighted by Crippen LogP contribution is 2.17. The highest BCUT2D eigenvalue weighted by molar-refractivity contribution is 5.31. The number of benzene rings is 1. The Hall–Kier alpha value is -1.02. The molecule has 2 nitrogen and oxygen atoms in total. The van der Waals surface area contributed by atoms with Crippen molar-refractivity contribution in [2.75, 3.05) is 6.54 Å². The number of rotatable bonds is 4. The molecule has 1 unspecified atom stereocenters. The number of hydrogen-bond acceptors (Lipinski definition) is 2. The summed E-state index contributed by atoms with van der Waals surface area (Å²) in [4.78, 5) is 0. The molecule has 0 aromatic heterocycles. The molecular weight excluding hydrogens is 198 g/mol. The summed E-state index contributed by atoms with van der Waals surface area (Å²) >= 11 is 0. The van der Waals surface area contributed by atoms with E-state index in [1.165, 1.54) is 5.56 Å². The normalized spacial score (nSPS) is 13.6. The Bertz CT molecular complexity index is 328. The molecule has 0 saturated carbocycles. The van der Waals surface area contributed by atoms with E-state index in [1.54, 1.807) is 0 Å². The minimum absolute atomic E-state index is 0.142. The predicted octanol–water partition coefficient (Wildman–Crippen LogP) is 3.15. The molecule has 0 amide bonds. The van der Waals surface area contributed by atoms with Gasteiger partial charge in [-0.1, -0.05) is 18.2 Å². The first kappa shape index (κ1) is 13.0. The molecular formula is C14H23NO. The number of hydrogen-bond donors (Lipinski definition) is 1. The lowest BCUT2D eigenvalue weighted by Crippen LogP contribution is -2.41. The molecule has 1 aromatic rings. The second-order valence-corrected chi connectivity index (χ2v) is 5.32. The van der Waals surface area contributed by atoms with Gasteiger partial charge in [-0.05, 0) is 46.2 Å². The number of nitrogens with one attached hydrogen (secondary N) is 1. The number of aryl methyl sites for hydroxylation is 1. The molecule has 1 N–H and O–H groups in total. The third-order valence-electron chi connectivity index (χ3n) is 2.34. The summed E-state index contributed by atoms with van der Waals surface area (Å²) in [7, 11) is 0. The van der Waals surface area contributed by atoms with Crippen molar-refractivity contribution in [2.24, 2.45) is 0 Å². The van der Waals surface area contributed by atoms with Crippen molar-refractivity contribution >= 4 is 0 Å².